The fraction of sp³-hybridized carbons (Fsp3) is 0.133. The lowest BCUT2D eigenvalue weighted by Gasteiger charge is -2.11. The summed E-state index contributed by atoms with van der Waals surface area (Å²) >= 11 is 3.39. The van der Waals surface area contributed by atoms with Crippen LogP contribution in [0, 0.1) is 0 Å². The van der Waals surface area contributed by atoms with Crippen molar-refractivity contribution in [2.45, 2.75) is 6.92 Å². The van der Waals surface area contributed by atoms with E-state index < -0.39 is 0 Å². The Bertz CT molecular complexity index is 611. The van der Waals surface area contributed by atoms with E-state index in [0.717, 1.165) is 15.8 Å². The van der Waals surface area contributed by atoms with Gasteiger partial charge in [-0.25, -0.2) is 0 Å². The number of hydrogen-bond acceptors (Lipinski definition) is 3. The minimum absolute atomic E-state index is 0.116. The van der Waals surface area contributed by atoms with E-state index in [1.165, 1.54) is 0 Å². The molecule has 0 bridgehead atoms. The second-order valence-electron chi connectivity index (χ2n) is 4.29. The number of anilines is 3. The third-order valence-electron chi connectivity index (χ3n) is 2.77. The largest absolute Gasteiger partial charge is 0.397 e. The number of nitrogens with one attached hydrogen (secondary N) is 2. The van der Waals surface area contributed by atoms with E-state index >= 15 is 0 Å². The molecule has 0 saturated heterocycles. The number of amides is 1. The molecule has 0 unspecified atom stereocenters. The number of hydrogen-bond donors (Lipinski definition) is 3. The van der Waals surface area contributed by atoms with Gasteiger partial charge < -0.3 is 16.4 Å². The Morgan fingerprint density at radius 3 is 2.50 bits per heavy atom. The lowest BCUT2D eigenvalue weighted by molar-refractivity contribution is 0.0956. The van der Waals surface area contributed by atoms with Crippen LogP contribution in [0.15, 0.2) is 46.9 Å². The molecule has 2 rings (SSSR count). The molecular formula is C15H16BrN3O. The zero-order chi connectivity index (χ0) is 14.5. The average molecular weight is 334 g/mol. The highest BCUT2D eigenvalue weighted by Gasteiger charge is 2.07. The van der Waals surface area contributed by atoms with E-state index in [1.54, 1.807) is 12.1 Å². The summed E-state index contributed by atoms with van der Waals surface area (Å²) in [5.74, 6) is -0.116. The Balaban J connectivity index is 2.17. The standard InChI is InChI=1S/C15H16BrN3O/c1-2-18-15(20)10-3-8-14(13(17)9-10)19-12-6-4-11(16)5-7-12/h3-9,19H,2,17H2,1H3,(H,18,20). The number of nitrogen functional groups attached to an aromatic ring is 1. The van der Waals surface area contributed by atoms with Crippen LogP contribution in [0.4, 0.5) is 17.1 Å². The Hall–Kier alpha value is -2.01. The van der Waals surface area contributed by atoms with Gasteiger partial charge in [0.25, 0.3) is 5.91 Å². The summed E-state index contributed by atoms with van der Waals surface area (Å²) in [7, 11) is 0. The summed E-state index contributed by atoms with van der Waals surface area (Å²) in [6.45, 7) is 2.47. The predicted octanol–water partition coefficient (Wildman–Crippen LogP) is 3.52. The highest BCUT2D eigenvalue weighted by atomic mass is 79.9. The summed E-state index contributed by atoms with van der Waals surface area (Å²) in [5, 5.41) is 5.96. The van der Waals surface area contributed by atoms with Crippen LogP contribution in [-0.2, 0) is 0 Å². The van der Waals surface area contributed by atoms with E-state index in [1.807, 2.05) is 37.3 Å². The van der Waals surface area contributed by atoms with Crippen LogP contribution in [0.3, 0.4) is 0 Å². The Labute approximate surface area is 126 Å². The molecule has 0 aliphatic carbocycles. The molecule has 0 atom stereocenters. The van der Waals surface area contributed by atoms with E-state index in [2.05, 4.69) is 26.6 Å². The molecule has 2 aromatic rings. The molecule has 0 aliphatic rings. The normalized spacial score (nSPS) is 10.1. The van der Waals surface area contributed by atoms with E-state index in [9.17, 15) is 4.79 Å². The van der Waals surface area contributed by atoms with Gasteiger partial charge in [0.2, 0.25) is 0 Å². The third-order valence-corrected chi connectivity index (χ3v) is 3.30. The van der Waals surface area contributed by atoms with Gasteiger partial charge in [-0.15, -0.1) is 0 Å². The van der Waals surface area contributed by atoms with Gasteiger partial charge in [0, 0.05) is 22.3 Å². The number of nitrogens with two attached hydrogens (primary N) is 1. The first-order valence-corrected chi connectivity index (χ1v) is 7.09. The van der Waals surface area contributed by atoms with Crippen LogP contribution in [0.25, 0.3) is 0 Å². The third kappa shape index (κ3) is 3.51. The Morgan fingerprint density at radius 2 is 1.90 bits per heavy atom. The first-order chi connectivity index (χ1) is 9.60. The van der Waals surface area contributed by atoms with Crippen LogP contribution in [0.1, 0.15) is 17.3 Å². The van der Waals surface area contributed by atoms with E-state index in [4.69, 9.17) is 5.73 Å². The van der Waals surface area contributed by atoms with Crippen LogP contribution in [0.5, 0.6) is 0 Å². The van der Waals surface area contributed by atoms with Crippen molar-refractivity contribution >= 4 is 38.9 Å². The SMILES string of the molecule is CCNC(=O)c1ccc(Nc2ccc(Br)cc2)c(N)c1. The summed E-state index contributed by atoms with van der Waals surface area (Å²) in [4.78, 5) is 11.7. The molecule has 0 radical (unpaired) electrons. The molecule has 0 heterocycles. The minimum atomic E-state index is -0.116. The number of benzene rings is 2. The van der Waals surface area contributed by atoms with Crippen molar-refractivity contribution in [3.8, 4) is 0 Å². The molecule has 2 aromatic carbocycles. The van der Waals surface area contributed by atoms with Crippen molar-refractivity contribution in [1.82, 2.24) is 5.32 Å². The lowest BCUT2D eigenvalue weighted by atomic mass is 10.1. The first kappa shape index (κ1) is 14.4. The van der Waals surface area contributed by atoms with Crippen LogP contribution in [0.2, 0.25) is 0 Å². The summed E-state index contributed by atoms with van der Waals surface area (Å²) in [6, 6.07) is 13.0. The van der Waals surface area contributed by atoms with Gasteiger partial charge in [-0.2, -0.15) is 0 Å². The van der Waals surface area contributed by atoms with Gasteiger partial charge in [0.05, 0.1) is 11.4 Å². The van der Waals surface area contributed by atoms with E-state index in [0.29, 0.717) is 17.8 Å². The maximum Gasteiger partial charge on any atom is 0.251 e. The zero-order valence-electron chi connectivity index (χ0n) is 11.1. The molecule has 5 heteroatoms. The average Bonchev–Trinajstić information content (AvgIpc) is 2.43. The molecule has 0 aliphatic heterocycles. The number of carbonyl (C=O) groups is 1. The number of rotatable bonds is 4. The summed E-state index contributed by atoms with van der Waals surface area (Å²) in [5.41, 5.74) is 8.79. The fourth-order valence-electron chi connectivity index (χ4n) is 1.77. The highest BCUT2D eigenvalue weighted by molar-refractivity contribution is 9.10. The quantitative estimate of drug-likeness (QED) is 0.750. The van der Waals surface area contributed by atoms with Crippen LogP contribution >= 0.6 is 15.9 Å². The molecule has 4 N–H and O–H groups in total. The Kier molecular flexibility index (Phi) is 4.63. The second-order valence-corrected chi connectivity index (χ2v) is 5.21. The summed E-state index contributed by atoms with van der Waals surface area (Å²) in [6.07, 6.45) is 0. The highest BCUT2D eigenvalue weighted by Crippen LogP contribution is 2.25. The number of carbonyl (C=O) groups excluding carboxylic acids is 1. The van der Waals surface area contributed by atoms with Gasteiger partial charge >= 0.3 is 0 Å². The fourth-order valence-corrected chi connectivity index (χ4v) is 2.03. The van der Waals surface area contributed by atoms with Crippen molar-refractivity contribution in [1.29, 1.82) is 0 Å². The minimum Gasteiger partial charge on any atom is -0.397 e. The maximum absolute atomic E-state index is 11.7. The maximum atomic E-state index is 11.7. The molecule has 4 nitrogen and oxygen atoms in total. The second kappa shape index (κ2) is 6.43. The lowest BCUT2D eigenvalue weighted by Crippen LogP contribution is -2.22. The van der Waals surface area contributed by atoms with Crippen molar-refractivity contribution < 1.29 is 4.79 Å². The zero-order valence-corrected chi connectivity index (χ0v) is 12.7. The van der Waals surface area contributed by atoms with Crippen molar-refractivity contribution in [3.05, 3.63) is 52.5 Å². The topological polar surface area (TPSA) is 67.2 Å². The first-order valence-electron chi connectivity index (χ1n) is 6.30. The van der Waals surface area contributed by atoms with Crippen LogP contribution in [-0.4, -0.2) is 12.5 Å². The van der Waals surface area contributed by atoms with Gasteiger partial charge in [0.15, 0.2) is 0 Å². The monoisotopic (exact) mass is 333 g/mol. The molecule has 0 aromatic heterocycles. The molecule has 0 saturated carbocycles. The van der Waals surface area contributed by atoms with Crippen LogP contribution < -0.4 is 16.4 Å². The molecule has 20 heavy (non-hydrogen) atoms. The predicted molar refractivity (Wildman–Crippen MR) is 86.3 cm³/mol. The summed E-state index contributed by atoms with van der Waals surface area (Å²) < 4.78 is 1.02. The molecular weight excluding hydrogens is 318 g/mol. The van der Waals surface area contributed by atoms with Gasteiger partial charge in [-0.3, -0.25) is 4.79 Å². The number of halogens is 1. The Morgan fingerprint density at radius 1 is 1.20 bits per heavy atom. The molecule has 104 valence electrons. The van der Waals surface area contributed by atoms with E-state index in [-0.39, 0.29) is 5.91 Å². The van der Waals surface area contributed by atoms with Crippen molar-refractivity contribution in [3.63, 3.8) is 0 Å². The molecule has 0 fully saturated rings. The van der Waals surface area contributed by atoms with Crippen molar-refractivity contribution in [2.24, 2.45) is 0 Å². The van der Waals surface area contributed by atoms with Gasteiger partial charge in [-0.05, 0) is 49.4 Å². The van der Waals surface area contributed by atoms with Gasteiger partial charge in [-0.1, -0.05) is 15.9 Å². The van der Waals surface area contributed by atoms with Crippen molar-refractivity contribution in [2.75, 3.05) is 17.6 Å². The van der Waals surface area contributed by atoms with Gasteiger partial charge in [0.1, 0.15) is 0 Å². The smallest absolute Gasteiger partial charge is 0.251 e. The molecule has 1 amide bonds. The molecule has 0 spiro atoms.